The first-order valence-electron chi connectivity index (χ1n) is 6.39. The van der Waals surface area contributed by atoms with Crippen LogP contribution in [0.3, 0.4) is 0 Å². The van der Waals surface area contributed by atoms with Crippen molar-refractivity contribution < 1.29 is 19.1 Å². The SMILES string of the molecule is CCOC(=O)Cc1nc(N2CCOCC2)sc1C(N)=O. The predicted octanol–water partition coefficient (Wildman–Crippen LogP) is 0.184. The molecule has 0 bridgehead atoms. The van der Waals surface area contributed by atoms with Crippen LogP contribution < -0.4 is 10.6 Å². The van der Waals surface area contributed by atoms with Gasteiger partial charge in [-0.25, -0.2) is 4.98 Å². The highest BCUT2D eigenvalue weighted by molar-refractivity contribution is 7.17. The van der Waals surface area contributed by atoms with Crippen LogP contribution in [0.5, 0.6) is 0 Å². The number of carbonyl (C=O) groups excluding carboxylic acids is 2. The summed E-state index contributed by atoms with van der Waals surface area (Å²) < 4.78 is 10.1. The summed E-state index contributed by atoms with van der Waals surface area (Å²) in [4.78, 5) is 29.7. The van der Waals surface area contributed by atoms with Gasteiger partial charge in [0.05, 0.1) is 31.9 Å². The van der Waals surface area contributed by atoms with E-state index in [-0.39, 0.29) is 6.42 Å². The predicted molar refractivity (Wildman–Crippen MR) is 74.0 cm³/mol. The third kappa shape index (κ3) is 3.45. The summed E-state index contributed by atoms with van der Waals surface area (Å²) in [5.41, 5.74) is 5.73. The molecule has 1 aliphatic rings. The molecule has 7 nitrogen and oxygen atoms in total. The number of anilines is 1. The van der Waals surface area contributed by atoms with E-state index in [1.165, 1.54) is 11.3 Å². The number of aromatic nitrogens is 1. The average Bonchev–Trinajstić information content (AvgIpc) is 2.84. The summed E-state index contributed by atoms with van der Waals surface area (Å²) in [7, 11) is 0. The fourth-order valence-corrected chi connectivity index (χ4v) is 2.88. The van der Waals surface area contributed by atoms with Crippen LogP contribution >= 0.6 is 11.3 Å². The number of thiazole rings is 1. The lowest BCUT2D eigenvalue weighted by Crippen LogP contribution is -2.36. The zero-order chi connectivity index (χ0) is 14.5. The Kier molecular flexibility index (Phi) is 4.91. The van der Waals surface area contributed by atoms with Crippen molar-refractivity contribution in [2.75, 3.05) is 37.8 Å². The molecule has 0 atom stereocenters. The van der Waals surface area contributed by atoms with Crippen molar-refractivity contribution in [1.82, 2.24) is 4.98 Å². The summed E-state index contributed by atoms with van der Waals surface area (Å²) in [5.74, 6) is -0.977. The number of hydrogen-bond acceptors (Lipinski definition) is 7. The van der Waals surface area contributed by atoms with Gasteiger partial charge in [-0.05, 0) is 6.92 Å². The highest BCUT2D eigenvalue weighted by Crippen LogP contribution is 2.27. The topological polar surface area (TPSA) is 94.8 Å². The maximum Gasteiger partial charge on any atom is 0.311 e. The van der Waals surface area contributed by atoms with E-state index in [1.807, 2.05) is 4.90 Å². The van der Waals surface area contributed by atoms with E-state index in [2.05, 4.69) is 4.98 Å². The van der Waals surface area contributed by atoms with Crippen LogP contribution in [0.25, 0.3) is 0 Å². The Morgan fingerprint density at radius 2 is 2.15 bits per heavy atom. The molecule has 2 N–H and O–H groups in total. The Morgan fingerprint density at radius 3 is 2.75 bits per heavy atom. The lowest BCUT2D eigenvalue weighted by molar-refractivity contribution is -0.142. The summed E-state index contributed by atoms with van der Waals surface area (Å²) in [6, 6.07) is 0. The van der Waals surface area contributed by atoms with Crippen molar-refractivity contribution in [3.05, 3.63) is 10.6 Å². The molecule has 0 spiro atoms. The van der Waals surface area contributed by atoms with Crippen molar-refractivity contribution in [2.24, 2.45) is 5.73 Å². The minimum absolute atomic E-state index is 0.0348. The number of nitrogens with zero attached hydrogens (tertiary/aromatic N) is 2. The monoisotopic (exact) mass is 299 g/mol. The van der Waals surface area contributed by atoms with E-state index in [1.54, 1.807) is 6.92 Å². The molecule has 20 heavy (non-hydrogen) atoms. The van der Waals surface area contributed by atoms with Crippen LogP contribution in [0, 0.1) is 0 Å². The van der Waals surface area contributed by atoms with Gasteiger partial charge in [0, 0.05) is 13.1 Å². The Bertz CT molecular complexity index is 497. The number of ether oxygens (including phenoxy) is 2. The molecule has 2 heterocycles. The lowest BCUT2D eigenvalue weighted by atomic mass is 10.2. The van der Waals surface area contributed by atoms with Crippen LogP contribution in [0.2, 0.25) is 0 Å². The van der Waals surface area contributed by atoms with Crippen LogP contribution in [0.1, 0.15) is 22.3 Å². The van der Waals surface area contributed by atoms with E-state index in [0.717, 1.165) is 0 Å². The van der Waals surface area contributed by atoms with Gasteiger partial charge < -0.3 is 20.1 Å². The summed E-state index contributed by atoms with van der Waals surface area (Å²) in [6.07, 6.45) is -0.0348. The molecule has 0 aliphatic carbocycles. The van der Waals surface area contributed by atoms with Crippen LogP contribution in [-0.2, 0) is 20.7 Å². The number of esters is 1. The van der Waals surface area contributed by atoms with Gasteiger partial charge in [-0.2, -0.15) is 0 Å². The zero-order valence-corrected chi connectivity index (χ0v) is 12.1. The maximum atomic E-state index is 11.5. The third-order valence-corrected chi connectivity index (χ3v) is 3.98. The first-order chi connectivity index (χ1) is 9.61. The van der Waals surface area contributed by atoms with Gasteiger partial charge in [-0.15, -0.1) is 0 Å². The first-order valence-corrected chi connectivity index (χ1v) is 7.21. The minimum atomic E-state index is -0.568. The molecular weight excluding hydrogens is 282 g/mol. The average molecular weight is 299 g/mol. The van der Waals surface area contributed by atoms with E-state index in [9.17, 15) is 9.59 Å². The largest absolute Gasteiger partial charge is 0.466 e. The van der Waals surface area contributed by atoms with E-state index in [0.29, 0.717) is 48.6 Å². The standard InChI is InChI=1S/C12H17N3O4S/c1-2-19-9(16)7-8-10(11(13)17)20-12(14-8)15-3-5-18-6-4-15/h2-7H2,1H3,(H2,13,17). The first kappa shape index (κ1) is 14.7. The summed E-state index contributed by atoms with van der Waals surface area (Å²) in [6.45, 7) is 4.70. The van der Waals surface area contributed by atoms with Gasteiger partial charge in [-0.1, -0.05) is 11.3 Å². The number of carbonyl (C=O) groups is 2. The fraction of sp³-hybridized carbons (Fsp3) is 0.583. The van der Waals surface area contributed by atoms with Gasteiger partial charge >= 0.3 is 5.97 Å². The van der Waals surface area contributed by atoms with Crippen LogP contribution in [0.4, 0.5) is 5.13 Å². The molecule has 110 valence electrons. The minimum Gasteiger partial charge on any atom is -0.466 e. The lowest BCUT2D eigenvalue weighted by Gasteiger charge is -2.26. The molecule has 2 rings (SSSR count). The zero-order valence-electron chi connectivity index (χ0n) is 11.3. The number of rotatable bonds is 5. The number of morpholine rings is 1. The highest BCUT2D eigenvalue weighted by Gasteiger charge is 2.22. The molecule has 1 aromatic rings. The number of amides is 1. The molecule has 1 aromatic heterocycles. The smallest absolute Gasteiger partial charge is 0.311 e. The quantitative estimate of drug-likeness (QED) is 0.780. The Morgan fingerprint density at radius 1 is 1.45 bits per heavy atom. The van der Waals surface area contributed by atoms with Crippen molar-refractivity contribution in [1.29, 1.82) is 0 Å². The van der Waals surface area contributed by atoms with E-state index < -0.39 is 11.9 Å². The second-order valence-corrected chi connectivity index (χ2v) is 5.20. The van der Waals surface area contributed by atoms with Gasteiger partial charge in [-0.3, -0.25) is 9.59 Å². The molecule has 0 radical (unpaired) electrons. The third-order valence-electron chi connectivity index (χ3n) is 2.81. The Hall–Kier alpha value is -1.67. The molecular formula is C12H17N3O4S. The van der Waals surface area contributed by atoms with Gasteiger partial charge in [0.15, 0.2) is 5.13 Å². The molecule has 1 saturated heterocycles. The number of primary amides is 1. The second-order valence-electron chi connectivity index (χ2n) is 4.22. The molecule has 0 saturated carbocycles. The molecule has 8 heteroatoms. The van der Waals surface area contributed by atoms with Gasteiger partial charge in [0.2, 0.25) is 0 Å². The van der Waals surface area contributed by atoms with Gasteiger partial charge in [0.25, 0.3) is 5.91 Å². The molecule has 1 amide bonds. The van der Waals surface area contributed by atoms with Crippen molar-refractivity contribution >= 4 is 28.3 Å². The van der Waals surface area contributed by atoms with Crippen molar-refractivity contribution in [3.8, 4) is 0 Å². The Balaban J connectivity index is 2.18. The Labute approximate surface area is 120 Å². The molecule has 1 fully saturated rings. The number of nitrogens with two attached hydrogens (primary N) is 1. The van der Waals surface area contributed by atoms with Crippen molar-refractivity contribution in [2.45, 2.75) is 13.3 Å². The van der Waals surface area contributed by atoms with Gasteiger partial charge in [0.1, 0.15) is 4.88 Å². The maximum absolute atomic E-state index is 11.5. The number of hydrogen-bond donors (Lipinski definition) is 1. The van der Waals surface area contributed by atoms with Crippen molar-refractivity contribution in [3.63, 3.8) is 0 Å². The van der Waals surface area contributed by atoms with Crippen LogP contribution in [-0.4, -0.2) is 49.8 Å². The molecule has 0 unspecified atom stereocenters. The highest BCUT2D eigenvalue weighted by atomic mass is 32.1. The second kappa shape index (κ2) is 6.67. The van der Waals surface area contributed by atoms with Crippen LogP contribution in [0.15, 0.2) is 0 Å². The fourth-order valence-electron chi connectivity index (χ4n) is 1.89. The normalized spacial score (nSPS) is 15.2. The summed E-state index contributed by atoms with van der Waals surface area (Å²) in [5, 5.41) is 0.696. The van der Waals surface area contributed by atoms with E-state index in [4.69, 9.17) is 15.2 Å². The molecule has 0 aromatic carbocycles. The molecule has 1 aliphatic heterocycles. The summed E-state index contributed by atoms with van der Waals surface area (Å²) >= 11 is 1.21. The van der Waals surface area contributed by atoms with E-state index >= 15 is 0 Å².